The van der Waals surface area contributed by atoms with Gasteiger partial charge in [-0.2, -0.15) is 4.98 Å². The van der Waals surface area contributed by atoms with Crippen LogP contribution in [0.3, 0.4) is 0 Å². The van der Waals surface area contributed by atoms with Crippen molar-refractivity contribution >= 4 is 21.9 Å². The standard InChI is InChI=1S/C12H20BrN3O/c1-10-9-11(17-3)15-12(14-10)16(2)8-6-4-5-7-13/h9H,4-8H2,1-3H3. The number of ether oxygens (including phenoxy) is 1. The van der Waals surface area contributed by atoms with Crippen LogP contribution < -0.4 is 9.64 Å². The highest BCUT2D eigenvalue weighted by Gasteiger charge is 2.07. The van der Waals surface area contributed by atoms with Crippen molar-refractivity contribution in [3.8, 4) is 5.88 Å². The third-order valence-corrected chi connectivity index (χ3v) is 3.06. The predicted octanol–water partition coefficient (Wildman–Crippen LogP) is 2.80. The second kappa shape index (κ2) is 7.48. The number of rotatable bonds is 7. The van der Waals surface area contributed by atoms with E-state index >= 15 is 0 Å². The van der Waals surface area contributed by atoms with Crippen LogP contribution in [0.2, 0.25) is 0 Å². The Kier molecular flexibility index (Phi) is 6.26. The maximum Gasteiger partial charge on any atom is 0.228 e. The number of nitrogens with zero attached hydrogens (tertiary/aromatic N) is 3. The summed E-state index contributed by atoms with van der Waals surface area (Å²) >= 11 is 3.44. The molecule has 1 aromatic rings. The van der Waals surface area contributed by atoms with Crippen LogP contribution in [-0.4, -0.2) is 36.0 Å². The number of aromatic nitrogens is 2. The topological polar surface area (TPSA) is 38.2 Å². The number of aryl methyl sites for hydroxylation is 1. The van der Waals surface area contributed by atoms with Crippen molar-refractivity contribution in [2.45, 2.75) is 26.2 Å². The van der Waals surface area contributed by atoms with Crippen LogP contribution in [-0.2, 0) is 0 Å². The summed E-state index contributed by atoms with van der Waals surface area (Å²) in [6, 6.07) is 1.84. The Morgan fingerprint density at radius 3 is 2.71 bits per heavy atom. The van der Waals surface area contributed by atoms with Crippen LogP contribution in [0.1, 0.15) is 25.0 Å². The molecule has 5 heteroatoms. The molecule has 0 saturated heterocycles. The van der Waals surface area contributed by atoms with Crippen LogP contribution in [0.25, 0.3) is 0 Å². The smallest absolute Gasteiger partial charge is 0.228 e. The summed E-state index contributed by atoms with van der Waals surface area (Å²) in [6.45, 7) is 2.92. The molecule has 0 saturated carbocycles. The third-order valence-electron chi connectivity index (χ3n) is 2.50. The lowest BCUT2D eigenvalue weighted by molar-refractivity contribution is 0.396. The first-order valence-corrected chi connectivity index (χ1v) is 6.96. The molecule has 1 aromatic heterocycles. The molecule has 0 bridgehead atoms. The quantitative estimate of drug-likeness (QED) is 0.573. The van der Waals surface area contributed by atoms with Gasteiger partial charge in [-0.3, -0.25) is 0 Å². The van der Waals surface area contributed by atoms with E-state index in [1.54, 1.807) is 7.11 Å². The van der Waals surface area contributed by atoms with E-state index in [9.17, 15) is 0 Å². The SMILES string of the molecule is COc1cc(C)nc(N(C)CCCCCBr)n1. The molecule has 1 rings (SSSR count). The molecule has 96 valence electrons. The van der Waals surface area contributed by atoms with Gasteiger partial charge < -0.3 is 9.64 Å². The van der Waals surface area contributed by atoms with Gasteiger partial charge in [-0.05, 0) is 19.8 Å². The van der Waals surface area contributed by atoms with Crippen LogP contribution in [0, 0.1) is 6.92 Å². The summed E-state index contributed by atoms with van der Waals surface area (Å²) < 4.78 is 5.14. The number of anilines is 1. The van der Waals surface area contributed by atoms with E-state index in [-0.39, 0.29) is 0 Å². The molecule has 0 fully saturated rings. The molecule has 0 aromatic carbocycles. The minimum atomic E-state index is 0.625. The van der Waals surface area contributed by atoms with Crippen molar-refractivity contribution < 1.29 is 4.74 Å². The summed E-state index contributed by atoms with van der Waals surface area (Å²) in [7, 11) is 3.64. The van der Waals surface area contributed by atoms with E-state index in [1.807, 2.05) is 20.0 Å². The summed E-state index contributed by atoms with van der Waals surface area (Å²) in [5, 5.41) is 1.07. The molecular weight excluding hydrogens is 282 g/mol. The highest BCUT2D eigenvalue weighted by molar-refractivity contribution is 9.09. The van der Waals surface area contributed by atoms with Crippen molar-refractivity contribution in [1.82, 2.24) is 9.97 Å². The van der Waals surface area contributed by atoms with Gasteiger partial charge in [-0.25, -0.2) is 4.98 Å². The Hall–Kier alpha value is -0.840. The molecule has 0 radical (unpaired) electrons. The van der Waals surface area contributed by atoms with Gasteiger partial charge in [-0.15, -0.1) is 0 Å². The Balaban J connectivity index is 2.55. The molecule has 4 nitrogen and oxygen atoms in total. The minimum Gasteiger partial charge on any atom is -0.481 e. The first kappa shape index (κ1) is 14.2. The molecule has 0 amide bonds. The van der Waals surface area contributed by atoms with Crippen molar-refractivity contribution in [1.29, 1.82) is 0 Å². The summed E-state index contributed by atoms with van der Waals surface area (Å²) in [5.74, 6) is 1.36. The largest absolute Gasteiger partial charge is 0.481 e. The zero-order valence-corrected chi connectivity index (χ0v) is 12.3. The van der Waals surface area contributed by atoms with Gasteiger partial charge in [0.1, 0.15) is 0 Å². The number of hydrogen-bond donors (Lipinski definition) is 0. The van der Waals surface area contributed by atoms with Crippen molar-refractivity contribution in [2.75, 3.05) is 30.9 Å². The van der Waals surface area contributed by atoms with Gasteiger partial charge in [0.25, 0.3) is 0 Å². The first-order chi connectivity index (χ1) is 8.17. The highest BCUT2D eigenvalue weighted by atomic mass is 79.9. The van der Waals surface area contributed by atoms with Crippen LogP contribution in [0.4, 0.5) is 5.95 Å². The van der Waals surface area contributed by atoms with E-state index < -0.39 is 0 Å². The predicted molar refractivity (Wildman–Crippen MR) is 74.2 cm³/mol. The van der Waals surface area contributed by atoms with E-state index in [0.29, 0.717) is 5.88 Å². The van der Waals surface area contributed by atoms with E-state index in [4.69, 9.17) is 4.74 Å². The Bertz CT molecular complexity index is 347. The molecule has 0 N–H and O–H groups in total. The molecular formula is C12H20BrN3O. The average Bonchev–Trinajstić information content (AvgIpc) is 2.33. The number of methoxy groups -OCH3 is 1. The van der Waals surface area contributed by atoms with Crippen molar-refractivity contribution in [3.63, 3.8) is 0 Å². The second-order valence-electron chi connectivity index (χ2n) is 4.02. The molecule has 0 aliphatic carbocycles. The summed E-state index contributed by atoms with van der Waals surface area (Å²) in [5.41, 5.74) is 0.930. The molecule has 1 heterocycles. The van der Waals surface area contributed by atoms with Gasteiger partial charge in [0.05, 0.1) is 7.11 Å². The lowest BCUT2D eigenvalue weighted by Crippen LogP contribution is -2.21. The Labute approximate surface area is 112 Å². The normalized spacial score (nSPS) is 10.4. The van der Waals surface area contributed by atoms with Gasteiger partial charge in [-0.1, -0.05) is 22.4 Å². The molecule has 0 aliphatic heterocycles. The maximum atomic E-state index is 5.14. The fourth-order valence-electron chi connectivity index (χ4n) is 1.52. The van der Waals surface area contributed by atoms with Gasteiger partial charge in [0.15, 0.2) is 0 Å². The fraction of sp³-hybridized carbons (Fsp3) is 0.667. The average molecular weight is 302 g/mol. The Morgan fingerprint density at radius 2 is 2.06 bits per heavy atom. The summed E-state index contributed by atoms with van der Waals surface area (Å²) in [6.07, 6.45) is 3.59. The lowest BCUT2D eigenvalue weighted by Gasteiger charge is -2.17. The van der Waals surface area contributed by atoms with Crippen molar-refractivity contribution in [3.05, 3.63) is 11.8 Å². The highest BCUT2D eigenvalue weighted by Crippen LogP contribution is 2.14. The van der Waals surface area contributed by atoms with E-state index in [0.717, 1.165) is 29.9 Å². The first-order valence-electron chi connectivity index (χ1n) is 5.84. The molecule has 17 heavy (non-hydrogen) atoms. The number of hydrogen-bond acceptors (Lipinski definition) is 4. The van der Waals surface area contributed by atoms with Crippen molar-refractivity contribution in [2.24, 2.45) is 0 Å². The molecule has 0 spiro atoms. The monoisotopic (exact) mass is 301 g/mol. The van der Waals surface area contributed by atoms with Gasteiger partial charge in [0, 0.05) is 30.7 Å². The molecule has 0 unspecified atom stereocenters. The second-order valence-corrected chi connectivity index (χ2v) is 4.82. The zero-order valence-electron chi connectivity index (χ0n) is 10.7. The summed E-state index contributed by atoms with van der Waals surface area (Å²) in [4.78, 5) is 10.8. The van der Waals surface area contributed by atoms with Crippen LogP contribution in [0.5, 0.6) is 5.88 Å². The van der Waals surface area contributed by atoms with Gasteiger partial charge >= 0.3 is 0 Å². The number of alkyl halides is 1. The van der Waals surface area contributed by atoms with E-state index in [2.05, 4.69) is 30.8 Å². The Morgan fingerprint density at radius 1 is 1.29 bits per heavy atom. The lowest BCUT2D eigenvalue weighted by atomic mass is 10.2. The van der Waals surface area contributed by atoms with E-state index in [1.165, 1.54) is 12.8 Å². The zero-order chi connectivity index (χ0) is 12.7. The third kappa shape index (κ3) is 4.89. The fourth-order valence-corrected chi connectivity index (χ4v) is 1.92. The van der Waals surface area contributed by atoms with Crippen LogP contribution in [0.15, 0.2) is 6.07 Å². The molecule has 0 atom stereocenters. The number of halogens is 1. The molecule has 0 aliphatic rings. The van der Waals surface area contributed by atoms with Crippen LogP contribution >= 0.6 is 15.9 Å². The maximum absolute atomic E-state index is 5.14. The number of unbranched alkanes of at least 4 members (excludes halogenated alkanes) is 2. The minimum absolute atomic E-state index is 0.625. The van der Waals surface area contributed by atoms with Gasteiger partial charge in [0.2, 0.25) is 11.8 Å².